The maximum absolute atomic E-state index is 6.49. The first-order valence-electron chi connectivity index (χ1n) is 7.24. The highest BCUT2D eigenvalue weighted by Crippen LogP contribution is 2.45. The number of nitrogens with two attached hydrogens (primary N) is 1. The van der Waals surface area contributed by atoms with Crippen molar-refractivity contribution in [1.29, 1.82) is 0 Å². The number of hydrogen-bond donors (Lipinski definition) is 1. The maximum atomic E-state index is 6.49. The predicted molar refractivity (Wildman–Crippen MR) is 77.7 cm³/mol. The summed E-state index contributed by atoms with van der Waals surface area (Å²) in [6.45, 7) is 0.876. The van der Waals surface area contributed by atoms with Crippen LogP contribution in [-0.2, 0) is 4.74 Å². The first kappa shape index (κ1) is 13.4. The van der Waals surface area contributed by atoms with E-state index in [9.17, 15) is 0 Å². The van der Waals surface area contributed by atoms with Gasteiger partial charge in [0.1, 0.15) is 5.75 Å². The fourth-order valence-corrected chi connectivity index (χ4v) is 4.54. The Morgan fingerprint density at radius 1 is 1.47 bits per heavy atom. The molecule has 2 unspecified atom stereocenters. The average Bonchev–Trinajstić information content (AvgIpc) is 3.07. The summed E-state index contributed by atoms with van der Waals surface area (Å²) in [4.78, 5) is 1.25. The zero-order valence-electron chi connectivity index (χ0n) is 11.6. The van der Waals surface area contributed by atoms with Crippen molar-refractivity contribution in [2.45, 2.75) is 50.2 Å². The second-order valence-corrected chi connectivity index (χ2v) is 6.85. The smallest absolute Gasteiger partial charge is 0.129 e. The molecule has 2 fully saturated rings. The van der Waals surface area contributed by atoms with Crippen LogP contribution in [0.15, 0.2) is 11.4 Å². The first-order valence-corrected chi connectivity index (χ1v) is 8.12. The molecule has 2 aliphatic rings. The van der Waals surface area contributed by atoms with Crippen LogP contribution in [0.2, 0.25) is 0 Å². The number of thiophene rings is 1. The number of methoxy groups -OCH3 is 1. The van der Waals surface area contributed by atoms with Crippen LogP contribution < -0.4 is 10.5 Å². The Hall–Kier alpha value is -0.580. The molecule has 106 valence electrons. The topological polar surface area (TPSA) is 44.5 Å². The molecular formula is C15H23NO2S. The van der Waals surface area contributed by atoms with Gasteiger partial charge in [-0.25, -0.2) is 0 Å². The van der Waals surface area contributed by atoms with E-state index in [-0.39, 0.29) is 11.6 Å². The molecular weight excluding hydrogens is 258 g/mol. The fraction of sp³-hybridized carbons (Fsp3) is 0.733. The van der Waals surface area contributed by atoms with Gasteiger partial charge < -0.3 is 15.2 Å². The van der Waals surface area contributed by atoms with Crippen molar-refractivity contribution >= 4 is 11.3 Å². The van der Waals surface area contributed by atoms with E-state index in [1.807, 2.05) is 5.38 Å². The summed E-state index contributed by atoms with van der Waals surface area (Å²) in [5, 5.41) is 2.04. The second kappa shape index (κ2) is 5.43. The van der Waals surface area contributed by atoms with Gasteiger partial charge in [0.15, 0.2) is 0 Å². The normalized spacial score (nSPS) is 27.6. The molecule has 4 heteroatoms. The summed E-state index contributed by atoms with van der Waals surface area (Å²) in [5.41, 5.74) is 6.64. The Balaban J connectivity index is 1.70. The summed E-state index contributed by atoms with van der Waals surface area (Å²) >= 11 is 1.72. The standard InChI is InChI=1S/C15H23NO2S/c1-17-12-8-13(19-10-12)14(16)11-4-7-18-15(9-11)5-2-3-6-15/h8,10-11,14H,2-7,9,16H2,1H3. The van der Waals surface area contributed by atoms with Crippen LogP contribution in [0.5, 0.6) is 5.75 Å². The third-order valence-electron chi connectivity index (χ3n) is 4.71. The van der Waals surface area contributed by atoms with Gasteiger partial charge in [-0.3, -0.25) is 0 Å². The van der Waals surface area contributed by atoms with Crippen molar-refractivity contribution < 1.29 is 9.47 Å². The predicted octanol–water partition coefficient (Wildman–Crippen LogP) is 3.50. The lowest BCUT2D eigenvalue weighted by Gasteiger charge is -2.40. The minimum atomic E-state index is 0.135. The van der Waals surface area contributed by atoms with Crippen LogP contribution in [0.4, 0.5) is 0 Å². The SMILES string of the molecule is COc1csc(C(N)C2CCOC3(CCCC3)C2)c1. The minimum absolute atomic E-state index is 0.135. The van der Waals surface area contributed by atoms with Crippen molar-refractivity contribution in [1.82, 2.24) is 0 Å². The third kappa shape index (κ3) is 2.67. The van der Waals surface area contributed by atoms with Crippen LogP contribution in [0.3, 0.4) is 0 Å². The van der Waals surface area contributed by atoms with Crippen molar-refractivity contribution in [3.63, 3.8) is 0 Å². The van der Waals surface area contributed by atoms with E-state index in [0.29, 0.717) is 5.92 Å². The monoisotopic (exact) mass is 281 g/mol. The average molecular weight is 281 g/mol. The Morgan fingerprint density at radius 3 is 2.95 bits per heavy atom. The summed E-state index contributed by atoms with van der Waals surface area (Å²) in [5.74, 6) is 1.48. The summed E-state index contributed by atoms with van der Waals surface area (Å²) in [6.07, 6.45) is 7.30. The van der Waals surface area contributed by atoms with Gasteiger partial charge in [0, 0.05) is 22.9 Å². The second-order valence-electron chi connectivity index (χ2n) is 5.91. The van der Waals surface area contributed by atoms with Crippen molar-refractivity contribution in [3.05, 3.63) is 16.3 Å². The Kier molecular flexibility index (Phi) is 3.83. The summed E-state index contributed by atoms with van der Waals surface area (Å²) in [6, 6.07) is 2.22. The fourth-order valence-electron chi connectivity index (χ4n) is 3.59. The van der Waals surface area contributed by atoms with E-state index in [4.69, 9.17) is 15.2 Å². The van der Waals surface area contributed by atoms with Crippen molar-refractivity contribution in [2.24, 2.45) is 11.7 Å². The van der Waals surface area contributed by atoms with Crippen molar-refractivity contribution in [3.8, 4) is 5.75 Å². The van der Waals surface area contributed by atoms with Gasteiger partial charge in [0.2, 0.25) is 0 Å². The van der Waals surface area contributed by atoms with Gasteiger partial charge in [-0.15, -0.1) is 11.3 Å². The molecule has 0 radical (unpaired) electrons. The van der Waals surface area contributed by atoms with Gasteiger partial charge in [-0.05, 0) is 37.7 Å². The summed E-state index contributed by atoms with van der Waals surface area (Å²) < 4.78 is 11.3. The molecule has 1 spiro atoms. The highest BCUT2D eigenvalue weighted by Gasteiger charge is 2.41. The maximum Gasteiger partial charge on any atom is 0.129 e. The van der Waals surface area contributed by atoms with Gasteiger partial charge in [0.25, 0.3) is 0 Å². The molecule has 1 saturated carbocycles. The Morgan fingerprint density at radius 2 is 2.26 bits per heavy atom. The molecule has 2 heterocycles. The van der Waals surface area contributed by atoms with Crippen LogP contribution in [0.25, 0.3) is 0 Å². The molecule has 1 aromatic rings. The molecule has 2 N–H and O–H groups in total. The highest BCUT2D eigenvalue weighted by molar-refractivity contribution is 7.10. The molecule has 1 aliphatic carbocycles. The first-order chi connectivity index (χ1) is 9.22. The minimum Gasteiger partial charge on any atom is -0.496 e. The van der Waals surface area contributed by atoms with Crippen LogP contribution >= 0.6 is 11.3 Å². The lowest BCUT2D eigenvalue weighted by molar-refractivity contribution is -0.0962. The van der Waals surface area contributed by atoms with Gasteiger partial charge in [0.05, 0.1) is 12.7 Å². The molecule has 0 bridgehead atoms. The lowest BCUT2D eigenvalue weighted by Crippen LogP contribution is -2.40. The molecule has 1 aromatic heterocycles. The largest absolute Gasteiger partial charge is 0.496 e. The molecule has 1 saturated heterocycles. The number of hydrogen-bond acceptors (Lipinski definition) is 4. The van der Waals surface area contributed by atoms with E-state index in [0.717, 1.165) is 25.2 Å². The van der Waals surface area contributed by atoms with Gasteiger partial charge >= 0.3 is 0 Å². The molecule has 0 aromatic carbocycles. The number of ether oxygens (including phenoxy) is 2. The molecule has 19 heavy (non-hydrogen) atoms. The highest BCUT2D eigenvalue weighted by atomic mass is 32.1. The summed E-state index contributed by atoms with van der Waals surface area (Å²) in [7, 11) is 1.71. The van der Waals surface area contributed by atoms with E-state index in [1.165, 1.54) is 30.6 Å². The van der Waals surface area contributed by atoms with Crippen molar-refractivity contribution in [2.75, 3.05) is 13.7 Å². The van der Waals surface area contributed by atoms with Gasteiger partial charge in [-0.1, -0.05) is 12.8 Å². The van der Waals surface area contributed by atoms with Crippen LogP contribution in [0, 0.1) is 5.92 Å². The molecule has 3 nitrogen and oxygen atoms in total. The molecule has 1 aliphatic heterocycles. The van der Waals surface area contributed by atoms with E-state index in [1.54, 1.807) is 18.4 Å². The van der Waals surface area contributed by atoms with Gasteiger partial charge in [-0.2, -0.15) is 0 Å². The Labute approximate surface area is 119 Å². The van der Waals surface area contributed by atoms with Crippen LogP contribution in [-0.4, -0.2) is 19.3 Å². The van der Waals surface area contributed by atoms with E-state index >= 15 is 0 Å². The Bertz CT molecular complexity index is 426. The van der Waals surface area contributed by atoms with Crippen LogP contribution in [0.1, 0.15) is 49.4 Å². The lowest BCUT2D eigenvalue weighted by atomic mass is 9.80. The zero-order valence-corrected chi connectivity index (χ0v) is 12.4. The zero-order chi connectivity index (χ0) is 13.3. The van der Waals surface area contributed by atoms with E-state index in [2.05, 4.69) is 6.07 Å². The van der Waals surface area contributed by atoms with E-state index < -0.39 is 0 Å². The molecule has 3 rings (SSSR count). The third-order valence-corrected chi connectivity index (χ3v) is 5.73. The molecule has 2 atom stereocenters. The molecule has 0 amide bonds. The number of rotatable bonds is 3. The quantitative estimate of drug-likeness (QED) is 0.922.